The van der Waals surface area contributed by atoms with Crippen LogP contribution in [-0.4, -0.2) is 16.1 Å². The first-order valence-electron chi connectivity index (χ1n) is 4.98. The van der Waals surface area contributed by atoms with Crippen molar-refractivity contribution in [2.75, 3.05) is 5.32 Å². The third kappa shape index (κ3) is 2.84. The largest absolute Gasteiger partial charge is 0.477 e. The number of carboxylic acid groups (broad SMARTS) is 1. The van der Waals surface area contributed by atoms with E-state index in [1.54, 1.807) is 12.1 Å². The van der Waals surface area contributed by atoms with E-state index in [0.29, 0.717) is 16.0 Å². The van der Waals surface area contributed by atoms with E-state index in [1.165, 1.54) is 24.3 Å². The second kappa shape index (κ2) is 5.14. The first-order chi connectivity index (χ1) is 8.56. The lowest BCUT2D eigenvalue weighted by Gasteiger charge is -2.08. The van der Waals surface area contributed by atoms with Gasteiger partial charge in [-0.1, -0.05) is 6.07 Å². The summed E-state index contributed by atoms with van der Waals surface area (Å²) < 4.78 is 13.4. The number of nitrogens with one attached hydrogen (secondary N) is 1. The maximum absolute atomic E-state index is 12.9. The summed E-state index contributed by atoms with van der Waals surface area (Å²) in [6.07, 6.45) is 0. The van der Waals surface area contributed by atoms with Crippen LogP contribution in [0.3, 0.4) is 0 Å². The highest BCUT2D eigenvalue weighted by molar-refractivity contribution is 9.10. The first-order valence-corrected chi connectivity index (χ1v) is 5.78. The molecule has 0 aliphatic heterocycles. The van der Waals surface area contributed by atoms with E-state index in [2.05, 4.69) is 26.2 Å². The number of benzene rings is 1. The number of anilines is 2. The maximum atomic E-state index is 12.9. The lowest BCUT2D eigenvalue weighted by atomic mass is 10.3. The molecule has 0 saturated carbocycles. The second-order valence-electron chi connectivity index (χ2n) is 3.46. The Hall–Kier alpha value is -1.95. The predicted octanol–water partition coefficient (Wildman–Crippen LogP) is 3.43. The number of hydrogen-bond donors (Lipinski definition) is 2. The van der Waals surface area contributed by atoms with Gasteiger partial charge < -0.3 is 10.4 Å². The Balaban J connectivity index is 2.28. The summed E-state index contributed by atoms with van der Waals surface area (Å²) in [7, 11) is 0. The Morgan fingerprint density at radius 3 is 2.78 bits per heavy atom. The van der Waals surface area contributed by atoms with Crippen molar-refractivity contribution in [3.63, 3.8) is 0 Å². The van der Waals surface area contributed by atoms with Gasteiger partial charge in [-0.05, 0) is 46.3 Å². The van der Waals surface area contributed by atoms with Gasteiger partial charge in [-0.15, -0.1) is 0 Å². The molecule has 4 nitrogen and oxygen atoms in total. The number of aromatic carboxylic acids is 1. The molecule has 0 unspecified atom stereocenters. The molecule has 0 aliphatic carbocycles. The third-order valence-electron chi connectivity index (χ3n) is 2.16. The lowest BCUT2D eigenvalue weighted by molar-refractivity contribution is 0.0690. The van der Waals surface area contributed by atoms with Crippen LogP contribution in [0.15, 0.2) is 40.9 Å². The molecule has 0 spiro atoms. The zero-order valence-electron chi connectivity index (χ0n) is 9.02. The molecule has 6 heteroatoms. The molecule has 2 N–H and O–H groups in total. The van der Waals surface area contributed by atoms with Crippen molar-refractivity contribution in [1.82, 2.24) is 4.98 Å². The predicted molar refractivity (Wildman–Crippen MR) is 68.6 cm³/mol. The molecule has 0 bridgehead atoms. The fraction of sp³-hybridized carbons (Fsp3) is 0. The quantitative estimate of drug-likeness (QED) is 0.911. The van der Waals surface area contributed by atoms with Gasteiger partial charge in [0.25, 0.3) is 0 Å². The fourth-order valence-corrected chi connectivity index (χ4v) is 1.80. The van der Waals surface area contributed by atoms with Crippen LogP contribution in [0.25, 0.3) is 0 Å². The Bertz CT molecular complexity index is 604. The zero-order chi connectivity index (χ0) is 13.1. The van der Waals surface area contributed by atoms with Crippen molar-refractivity contribution in [1.29, 1.82) is 0 Å². The van der Waals surface area contributed by atoms with Crippen molar-refractivity contribution >= 4 is 33.4 Å². The average molecular weight is 311 g/mol. The van der Waals surface area contributed by atoms with Gasteiger partial charge in [-0.3, -0.25) is 0 Å². The zero-order valence-corrected chi connectivity index (χ0v) is 10.6. The van der Waals surface area contributed by atoms with Gasteiger partial charge >= 0.3 is 5.97 Å². The summed E-state index contributed by atoms with van der Waals surface area (Å²) in [6, 6.07) is 8.75. The third-order valence-corrected chi connectivity index (χ3v) is 2.82. The van der Waals surface area contributed by atoms with E-state index in [-0.39, 0.29) is 11.5 Å². The van der Waals surface area contributed by atoms with Crippen LogP contribution < -0.4 is 5.32 Å². The standard InChI is InChI=1S/C12H8BrFN2O2/c13-8-6-7(14)4-5-9(8)15-11-3-1-2-10(16-11)12(17)18/h1-6H,(H,15,16)(H,17,18). The summed E-state index contributed by atoms with van der Waals surface area (Å²) >= 11 is 3.21. The molecule has 2 rings (SSSR count). The highest BCUT2D eigenvalue weighted by Gasteiger charge is 2.07. The van der Waals surface area contributed by atoms with Gasteiger partial charge in [0.1, 0.15) is 11.6 Å². The SMILES string of the molecule is O=C(O)c1cccc(Nc2ccc(F)cc2Br)n1. The average Bonchev–Trinajstić information content (AvgIpc) is 2.33. The van der Waals surface area contributed by atoms with E-state index in [0.717, 1.165) is 0 Å². The molecule has 1 aromatic heterocycles. The molecule has 92 valence electrons. The molecular formula is C12H8BrFN2O2. The molecular weight excluding hydrogens is 303 g/mol. The number of aromatic nitrogens is 1. The van der Waals surface area contributed by atoms with Gasteiger partial charge in [0.05, 0.1) is 5.69 Å². The molecule has 0 aliphatic rings. The summed E-state index contributed by atoms with van der Waals surface area (Å²) in [5.74, 6) is -1.08. The minimum Gasteiger partial charge on any atom is -0.477 e. The van der Waals surface area contributed by atoms with Crippen LogP contribution in [0.1, 0.15) is 10.5 Å². The van der Waals surface area contributed by atoms with E-state index in [1.807, 2.05) is 0 Å². The van der Waals surface area contributed by atoms with Crippen molar-refractivity contribution in [2.45, 2.75) is 0 Å². The number of carboxylic acids is 1. The van der Waals surface area contributed by atoms with Crippen molar-refractivity contribution in [3.8, 4) is 0 Å². The number of carbonyl (C=O) groups is 1. The molecule has 0 fully saturated rings. The van der Waals surface area contributed by atoms with E-state index >= 15 is 0 Å². The summed E-state index contributed by atoms with van der Waals surface area (Å²) in [6.45, 7) is 0. The Morgan fingerprint density at radius 1 is 1.33 bits per heavy atom. The van der Waals surface area contributed by atoms with Crippen LogP contribution in [0.5, 0.6) is 0 Å². The number of nitrogens with zero attached hydrogens (tertiary/aromatic N) is 1. The van der Waals surface area contributed by atoms with Gasteiger partial charge in [0.2, 0.25) is 0 Å². The number of halogens is 2. The van der Waals surface area contributed by atoms with Gasteiger partial charge in [-0.25, -0.2) is 14.2 Å². The normalized spacial score (nSPS) is 10.1. The molecule has 18 heavy (non-hydrogen) atoms. The lowest BCUT2D eigenvalue weighted by Crippen LogP contribution is -2.02. The van der Waals surface area contributed by atoms with Gasteiger partial charge in [0, 0.05) is 4.47 Å². The van der Waals surface area contributed by atoms with E-state index < -0.39 is 5.97 Å². The Labute approximate surface area is 111 Å². The maximum Gasteiger partial charge on any atom is 0.354 e. The molecule has 0 radical (unpaired) electrons. The van der Waals surface area contributed by atoms with Crippen LogP contribution in [-0.2, 0) is 0 Å². The van der Waals surface area contributed by atoms with Crippen LogP contribution in [0, 0.1) is 5.82 Å². The Morgan fingerprint density at radius 2 is 2.11 bits per heavy atom. The van der Waals surface area contributed by atoms with E-state index in [9.17, 15) is 9.18 Å². The smallest absolute Gasteiger partial charge is 0.354 e. The van der Waals surface area contributed by atoms with E-state index in [4.69, 9.17) is 5.11 Å². The summed E-state index contributed by atoms with van der Waals surface area (Å²) in [5.41, 5.74) is 0.546. The van der Waals surface area contributed by atoms with Crippen LogP contribution >= 0.6 is 15.9 Å². The summed E-state index contributed by atoms with van der Waals surface area (Å²) in [5, 5.41) is 11.7. The van der Waals surface area contributed by atoms with Crippen LogP contribution in [0.4, 0.5) is 15.9 Å². The van der Waals surface area contributed by atoms with Crippen molar-refractivity contribution in [3.05, 3.63) is 52.4 Å². The van der Waals surface area contributed by atoms with Crippen LogP contribution in [0.2, 0.25) is 0 Å². The minimum absolute atomic E-state index is 0.0572. The molecule has 2 aromatic rings. The molecule has 1 heterocycles. The minimum atomic E-state index is -1.10. The summed E-state index contributed by atoms with van der Waals surface area (Å²) in [4.78, 5) is 14.7. The molecule has 0 amide bonds. The number of rotatable bonds is 3. The number of hydrogen-bond acceptors (Lipinski definition) is 3. The van der Waals surface area contributed by atoms with Gasteiger partial charge in [-0.2, -0.15) is 0 Å². The monoisotopic (exact) mass is 310 g/mol. The van der Waals surface area contributed by atoms with Gasteiger partial charge in [0.15, 0.2) is 5.69 Å². The van der Waals surface area contributed by atoms with Crippen molar-refractivity contribution < 1.29 is 14.3 Å². The first kappa shape index (κ1) is 12.5. The Kier molecular flexibility index (Phi) is 3.57. The highest BCUT2D eigenvalue weighted by Crippen LogP contribution is 2.25. The molecule has 1 aromatic carbocycles. The molecule has 0 saturated heterocycles. The second-order valence-corrected chi connectivity index (χ2v) is 4.32. The topological polar surface area (TPSA) is 62.2 Å². The highest BCUT2D eigenvalue weighted by atomic mass is 79.9. The fourth-order valence-electron chi connectivity index (χ4n) is 1.35. The van der Waals surface area contributed by atoms with Crippen molar-refractivity contribution in [2.24, 2.45) is 0 Å². The number of pyridine rings is 1. The molecule has 0 atom stereocenters.